The van der Waals surface area contributed by atoms with Gasteiger partial charge >= 0.3 is 5.97 Å². The maximum absolute atomic E-state index is 13.8. The highest BCUT2D eigenvalue weighted by Crippen LogP contribution is 2.44. The minimum absolute atomic E-state index is 0.146. The highest BCUT2D eigenvalue weighted by atomic mass is 19.2. The van der Waals surface area contributed by atoms with Gasteiger partial charge in [0.15, 0.2) is 11.6 Å². The summed E-state index contributed by atoms with van der Waals surface area (Å²) in [6.07, 6.45) is 1.71. The number of nitrogens with one attached hydrogen (secondary N) is 1. The largest absolute Gasteiger partial charge is 0.482 e. The Bertz CT molecular complexity index is 1110. The van der Waals surface area contributed by atoms with Crippen LogP contribution in [0.3, 0.4) is 0 Å². The molecule has 0 aromatic heterocycles. The van der Waals surface area contributed by atoms with E-state index in [9.17, 15) is 18.4 Å². The summed E-state index contributed by atoms with van der Waals surface area (Å²) in [4.78, 5) is 24.1. The number of ether oxygens (including phenoxy) is 2. The molecule has 29 heavy (non-hydrogen) atoms. The Morgan fingerprint density at radius 2 is 1.76 bits per heavy atom. The lowest BCUT2D eigenvalue weighted by molar-refractivity contribution is -0.111. The van der Waals surface area contributed by atoms with Crippen LogP contribution in [0, 0.1) is 11.6 Å². The van der Waals surface area contributed by atoms with Gasteiger partial charge in [0.2, 0.25) is 0 Å². The number of anilines is 1. The van der Waals surface area contributed by atoms with Gasteiger partial charge in [0.25, 0.3) is 5.91 Å². The molecule has 2 aromatic carbocycles. The van der Waals surface area contributed by atoms with Gasteiger partial charge < -0.3 is 14.8 Å². The molecular formula is C22H17F2NO4. The molecule has 0 spiro atoms. The van der Waals surface area contributed by atoms with E-state index in [2.05, 4.69) is 5.32 Å². The van der Waals surface area contributed by atoms with Crippen LogP contribution in [0.15, 0.2) is 48.2 Å². The van der Waals surface area contributed by atoms with E-state index in [1.54, 1.807) is 30.3 Å². The number of rotatable bonds is 2. The first-order valence-electron chi connectivity index (χ1n) is 8.86. The van der Waals surface area contributed by atoms with E-state index < -0.39 is 29.1 Å². The Morgan fingerprint density at radius 3 is 2.41 bits per heavy atom. The molecule has 0 saturated carbocycles. The van der Waals surface area contributed by atoms with E-state index in [4.69, 9.17) is 9.47 Å². The van der Waals surface area contributed by atoms with Gasteiger partial charge in [0.05, 0.1) is 23.9 Å². The lowest BCUT2D eigenvalue weighted by atomic mass is 9.91. The van der Waals surface area contributed by atoms with E-state index in [1.807, 2.05) is 13.8 Å². The number of methoxy groups -OCH3 is 1. The van der Waals surface area contributed by atoms with Crippen LogP contribution in [0.25, 0.3) is 11.1 Å². The van der Waals surface area contributed by atoms with Gasteiger partial charge in [-0.25, -0.2) is 13.6 Å². The molecule has 7 heteroatoms. The molecule has 5 nitrogen and oxygen atoms in total. The Hall–Kier alpha value is -3.48. The molecule has 4 rings (SSSR count). The maximum atomic E-state index is 13.8. The molecule has 148 valence electrons. The summed E-state index contributed by atoms with van der Waals surface area (Å²) in [5.74, 6) is -2.74. The third-order valence-electron chi connectivity index (χ3n) is 4.96. The molecule has 0 saturated heterocycles. The van der Waals surface area contributed by atoms with Crippen molar-refractivity contribution in [3.05, 3.63) is 76.6 Å². The van der Waals surface area contributed by atoms with Gasteiger partial charge in [-0.1, -0.05) is 12.1 Å². The van der Waals surface area contributed by atoms with Gasteiger partial charge in [-0.2, -0.15) is 0 Å². The highest BCUT2D eigenvalue weighted by Gasteiger charge is 2.38. The zero-order valence-electron chi connectivity index (χ0n) is 15.9. The molecule has 0 radical (unpaired) electrons. The van der Waals surface area contributed by atoms with Crippen LogP contribution in [-0.2, 0) is 14.3 Å². The SMILES string of the molecule is COC(=O)c1ccc(C2=CC(=C3C(=O)Nc4cc(F)c(F)cc43)OC2(C)C)cc1. The van der Waals surface area contributed by atoms with Crippen LogP contribution in [0.1, 0.15) is 35.3 Å². The van der Waals surface area contributed by atoms with Crippen LogP contribution in [0.2, 0.25) is 0 Å². The number of allylic oxidation sites excluding steroid dienone is 1. The van der Waals surface area contributed by atoms with Crippen molar-refractivity contribution in [1.82, 2.24) is 0 Å². The van der Waals surface area contributed by atoms with Gasteiger partial charge in [-0.15, -0.1) is 0 Å². The number of hydrogen-bond donors (Lipinski definition) is 1. The number of carbonyl (C=O) groups excluding carboxylic acids is 2. The molecule has 1 N–H and O–H groups in total. The third-order valence-corrected chi connectivity index (χ3v) is 4.96. The van der Waals surface area contributed by atoms with Crippen LogP contribution >= 0.6 is 0 Å². The van der Waals surface area contributed by atoms with Crippen LogP contribution in [-0.4, -0.2) is 24.6 Å². The van der Waals surface area contributed by atoms with Crippen molar-refractivity contribution in [1.29, 1.82) is 0 Å². The number of amides is 1. The predicted octanol–water partition coefficient (Wildman–Crippen LogP) is 4.31. The van der Waals surface area contributed by atoms with Crippen molar-refractivity contribution in [2.45, 2.75) is 19.4 Å². The molecule has 0 fully saturated rings. The first-order valence-corrected chi connectivity index (χ1v) is 8.86. The number of carbonyl (C=O) groups is 2. The molecule has 2 heterocycles. The monoisotopic (exact) mass is 397 g/mol. The zero-order valence-corrected chi connectivity index (χ0v) is 15.9. The lowest BCUT2D eigenvalue weighted by Crippen LogP contribution is -2.21. The van der Waals surface area contributed by atoms with Gasteiger partial charge in [0.1, 0.15) is 11.4 Å². The topological polar surface area (TPSA) is 64.6 Å². The molecular weight excluding hydrogens is 380 g/mol. The first kappa shape index (κ1) is 18.9. The van der Waals surface area contributed by atoms with E-state index in [1.165, 1.54) is 7.11 Å². The molecule has 0 aliphatic carbocycles. The molecule has 0 bridgehead atoms. The van der Waals surface area contributed by atoms with Crippen LogP contribution in [0.4, 0.5) is 14.5 Å². The Balaban J connectivity index is 1.80. The summed E-state index contributed by atoms with van der Waals surface area (Å²) in [5.41, 5.74) is 1.79. The smallest absolute Gasteiger partial charge is 0.337 e. The van der Waals surface area contributed by atoms with E-state index in [0.29, 0.717) is 5.56 Å². The molecule has 1 amide bonds. The lowest BCUT2D eigenvalue weighted by Gasteiger charge is -2.23. The summed E-state index contributed by atoms with van der Waals surface area (Å²) in [6.45, 7) is 3.67. The normalized spacial score (nSPS) is 19.3. The summed E-state index contributed by atoms with van der Waals surface area (Å²) in [6, 6.07) is 8.73. The van der Waals surface area contributed by atoms with Crippen molar-refractivity contribution in [3.8, 4) is 0 Å². The molecule has 0 unspecified atom stereocenters. The maximum Gasteiger partial charge on any atom is 0.337 e. The number of benzene rings is 2. The van der Waals surface area contributed by atoms with Crippen molar-refractivity contribution in [2.24, 2.45) is 0 Å². The molecule has 2 aliphatic heterocycles. The van der Waals surface area contributed by atoms with E-state index >= 15 is 0 Å². The zero-order chi connectivity index (χ0) is 20.9. The van der Waals surface area contributed by atoms with Gasteiger partial charge in [-0.05, 0) is 43.7 Å². The van der Waals surface area contributed by atoms with Crippen molar-refractivity contribution < 1.29 is 27.8 Å². The molecule has 0 atom stereocenters. The second kappa shape index (κ2) is 6.55. The predicted molar refractivity (Wildman–Crippen MR) is 103 cm³/mol. The van der Waals surface area contributed by atoms with Crippen LogP contribution < -0.4 is 5.32 Å². The summed E-state index contributed by atoms with van der Waals surface area (Å²) < 4.78 is 38.0. The quantitative estimate of drug-likeness (QED) is 0.606. The molecule has 2 aliphatic rings. The van der Waals surface area contributed by atoms with Gasteiger partial charge in [-0.3, -0.25) is 4.79 Å². The fourth-order valence-electron chi connectivity index (χ4n) is 3.53. The second-order valence-corrected chi connectivity index (χ2v) is 7.24. The number of halogens is 2. The minimum atomic E-state index is -1.04. The van der Waals surface area contributed by atoms with Crippen molar-refractivity contribution in [2.75, 3.05) is 12.4 Å². The second-order valence-electron chi connectivity index (χ2n) is 7.24. The highest BCUT2D eigenvalue weighted by molar-refractivity contribution is 6.32. The first-order chi connectivity index (χ1) is 13.7. The third kappa shape index (κ3) is 3.08. The van der Waals surface area contributed by atoms with E-state index in [0.717, 1.165) is 23.3 Å². The minimum Gasteiger partial charge on any atom is -0.482 e. The van der Waals surface area contributed by atoms with Gasteiger partial charge in [0, 0.05) is 17.2 Å². The molecule has 2 aromatic rings. The summed E-state index contributed by atoms with van der Waals surface area (Å²) >= 11 is 0. The average Bonchev–Trinajstić information content (AvgIpc) is 3.16. The Labute approximate surface area is 165 Å². The number of fused-ring (bicyclic) bond motifs is 1. The average molecular weight is 397 g/mol. The Morgan fingerprint density at radius 1 is 1.10 bits per heavy atom. The van der Waals surface area contributed by atoms with Crippen molar-refractivity contribution in [3.63, 3.8) is 0 Å². The van der Waals surface area contributed by atoms with Crippen LogP contribution in [0.5, 0.6) is 0 Å². The van der Waals surface area contributed by atoms with Crippen molar-refractivity contribution >= 4 is 28.7 Å². The summed E-state index contributed by atoms with van der Waals surface area (Å²) in [5, 5.41) is 2.54. The number of esters is 1. The van der Waals surface area contributed by atoms with E-state index in [-0.39, 0.29) is 22.6 Å². The Kier molecular flexibility index (Phi) is 4.26. The fourth-order valence-corrected chi connectivity index (χ4v) is 3.53. The fraction of sp³-hybridized carbons (Fsp3) is 0.182. The standard InChI is InChI=1S/C22H17F2NO4/c1-22(2)14(11-4-6-12(7-5-11)21(27)28-3)9-18(29-22)19-13-8-15(23)16(24)10-17(13)25-20(19)26/h4-10H,1-3H3,(H,25,26). The summed E-state index contributed by atoms with van der Waals surface area (Å²) in [7, 11) is 1.31. The number of hydrogen-bond acceptors (Lipinski definition) is 4.